The van der Waals surface area contributed by atoms with E-state index in [0.29, 0.717) is 0 Å². The predicted octanol–water partition coefficient (Wildman–Crippen LogP) is 3.32. The number of carbonyl (C=O) groups is 1. The van der Waals surface area contributed by atoms with Crippen LogP contribution in [0.1, 0.15) is 6.92 Å². The Labute approximate surface area is 104 Å². The van der Waals surface area contributed by atoms with Gasteiger partial charge in [-0.15, -0.1) is 11.3 Å². The number of thiazole rings is 1. The highest BCUT2D eigenvalue weighted by atomic mass is 32.1. The van der Waals surface area contributed by atoms with Crippen LogP contribution >= 0.6 is 11.3 Å². The summed E-state index contributed by atoms with van der Waals surface area (Å²) in [5.41, 5.74) is 1.84. The maximum Gasteiger partial charge on any atom is 0.248 e. The van der Waals surface area contributed by atoms with Gasteiger partial charge >= 0.3 is 0 Å². The molecule has 1 aromatic heterocycles. The minimum atomic E-state index is -0.116. The minimum Gasteiger partial charge on any atom is -0.323 e. The molecule has 0 saturated heterocycles. The molecule has 1 heterocycles. The van der Waals surface area contributed by atoms with Crippen LogP contribution in [0.3, 0.4) is 0 Å². The van der Waals surface area contributed by atoms with Gasteiger partial charge in [0.25, 0.3) is 0 Å². The second kappa shape index (κ2) is 5.41. The summed E-state index contributed by atoms with van der Waals surface area (Å²) in [5.74, 6) is -0.116. The smallest absolute Gasteiger partial charge is 0.248 e. The molecule has 4 heteroatoms. The second-order valence-electron chi connectivity index (χ2n) is 3.40. The molecule has 0 aliphatic carbocycles. The number of amides is 1. The molecular formula is C13H12N2OS. The molecule has 1 aromatic carbocycles. The molecule has 2 aromatic rings. The Morgan fingerprint density at radius 1 is 1.35 bits per heavy atom. The number of hydrogen-bond donors (Lipinski definition) is 1. The normalized spacial score (nSPS) is 10.6. The van der Waals surface area contributed by atoms with E-state index in [-0.39, 0.29) is 5.91 Å². The Bertz CT molecular complexity index is 515. The Kier molecular flexibility index (Phi) is 3.67. The summed E-state index contributed by atoms with van der Waals surface area (Å²) in [6.07, 6.45) is 4.98. The van der Waals surface area contributed by atoms with Crippen LogP contribution in [0, 0.1) is 0 Å². The van der Waals surface area contributed by atoms with Gasteiger partial charge in [-0.2, -0.15) is 0 Å². The zero-order valence-electron chi connectivity index (χ0n) is 9.38. The van der Waals surface area contributed by atoms with E-state index in [0.717, 1.165) is 16.3 Å². The van der Waals surface area contributed by atoms with Crippen LogP contribution in [-0.4, -0.2) is 10.9 Å². The summed E-state index contributed by atoms with van der Waals surface area (Å²) in [6.45, 7) is 1.81. The van der Waals surface area contributed by atoms with Crippen molar-refractivity contribution in [1.82, 2.24) is 4.98 Å². The van der Waals surface area contributed by atoms with Gasteiger partial charge < -0.3 is 5.32 Å². The van der Waals surface area contributed by atoms with Gasteiger partial charge in [-0.05, 0) is 37.3 Å². The van der Waals surface area contributed by atoms with Crippen molar-refractivity contribution >= 4 is 22.9 Å². The number of nitrogens with one attached hydrogen (secondary N) is 1. The summed E-state index contributed by atoms with van der Waals surface area (Å²) in [4.78, 5) is 15.5. The number of nitrogens with zero attached hydrogens (tertiary/aromatic N) is 1. The fourth-order valence-electron chi connectivity index (χ4n) is 1.40. The zero-order valence-corrected chi connectivity index (χ0v) is 10.2. The molecule has 0 bridgehead atoms. The van der Waals surface area contributed by atoms with Gasteiger partial charge in [-0.1, -0.05) is 6.08 Å². The first kappa shape index (κ1) is 11.5. The quantitative estimate of drug-likeness (QED) is 0.841. The van der Waals surface area contributed by atoms with E-state index in [4.69, 9.17) is 0 Å². The Morgan fingerprint density at radius 2 is 2.12 bits per heavy atom. The van der Waals surface area contributed by atoms with Gasteiger partial charge in [-0.3, -0.25) is 4.79 Å². The highest BCUT2D eigenvalue weighted by molar-refractivity contribution is 7.13. The third-order valence-corrected chi connectivity index (χ3v) is 2.97. The van der Waals surface area contributed by atoms with Crippen LogP contribution in [0.25, 0.3) is 10.6 Å². The van der Waals surface area contributed by atoms with Crippen molar-refractivity contribution < 1.29 is 4.79 Å². The van der Waals surface area contributed by atoms with E-state index >= 15 is 0 Å². The van der Waals surface area contributed by atoms with E-state index in [1.165, 1.54) is 6.08 Å². The number of rotatable bonds is 3. The number of anilines is 1. The first-order valence-electron chi connectivity index (χ1n) is 5.23. The van der Waals surface area contributed by atoms with Crippen molar-refractivity contribution in [2.24, 2.45) is 0 Å². The second-order valence-corrected chi connectivity index (χ2v) is 4.30. The van der Waals surface area contributed by atoms with Crippen LogP contribution < -0.4 is 5.32 Å². The van der Waals surface area contributed by atoms with Crippen molar-refractivity contribution in [3.05, 3.63) is 48.0 Å². The first-order chi connectivity index (χ1) is 8.29. The highest BCUT2D eigenvalue weighted by Gasteiger charge is 2.01. The third-order valence-electron chi connectivity index (χ3n) is 2.15. The summed E-state index contributed by atoms with van der Waals surface area (Å²) in [6, 6.07) is 7.64. The molecule has 0 atom stereocenters. The lowest BCUT2D eigenvalue weighted by atomic mass is 10.2. The molecule has 17 heavy (non-hydrogen) atoms. The van der Waals surface area contributed by atoms with Crippen LogP contribution in [0.15, 0.2) is 48.0 Å². The van der Waals surface area contributed by atoms with E-state index in [9.17, 15) is 4.79 Å². The van der Waals surface area contributed by atoms with Gasteiger partial charge in [0.15, 0.2) is 0 Å². The minimum absolute atomic E-state index is 0.116. The van der Waals surface area contributed by atoms with Gasteiger partial charge in [0.2, 0.25) is 5.91 Å². The van der Waals surface area contributed by atoms with Gasteiger partial charge in [0, 0.05) is 22.8 Å². The van der Waals surface area contributed by atoms with Gasteiger partial charge in [0.1, 0.15) is 5.01 Å². The van der Waals surface area contributed by atoms with E-state index in [1.54, 1.807) is 23.6 Å². The van der Waals surface area contributed by atoms with E-state index in [2.05, 4.69) is 10.3 Å². The van der Waals surface area contributed by atoms with Gasteiger partial charge in [-0.25, -0.2) is 4.98 Å². The lowest BCUT2D eigenvalue weighted by Crippen LogP contribution is -2.07. The van der Waals surface area contributed by atoms with Gasteiger partial charge in [0.05, 0.1) is 0 Å². The van der Waals surface area contributed by atoms with Crippen LogP contribution in [0.2, 0.25) is 0 Å². The van der Waals surface area contributed by atoms with Crippen LogP contribution in [0.5, 0.6) is 0 Å². The average Bonchev–Trinajstić information content (AvgIpc) is 2.84. The molecule has 0 saturated carbocycles. The topological polar surface area (TPSA) is 42.0 Å². The highest BCUT2D eigenvalue weighted by Crippen LogP contribution is 2.23. The number of aromatic nitrogens is 1. The molecule has 2 rings (SSSR count). The summed E-state index contributed by atoms with van der Waals surface area (Å²) < 4.78 is 0. The standard InChI is InChI=1S/C13H12N2OS/c1-2-3-12(16)15-11-6-4-10(5-7-11)13-14-8-9-17-13/h2-9H,1H3,(H,15,16). The van der Waals surface area contributed by atoms with Crippen molar-refractivity contribution in [3.8, 4) is 10.6 Å². The molecule has 0 fully saturated rings. The maximum absolute atomic E-state index is 11.3. The maximum atomic E-state index is 11.3. The molecule has 3 nitrogen and oxygen atoms in total. The van der Waals surface area contributed by atoms with Crippen molar-refractivity contribution in [2.45, 2.75) is 6.92 Å². The van der Waals surface area contributed by atoms with Crippen molar-refractivity contribution in [2.75, 3.05) is 5.32 Å². The molecule has 1 N–H and O–H groups in total. The van der Waals surface area contributed by atoms with Crippen molar-refractivity contribution in [3.63, 3.8) is 0 Å². The van der Waals surface area contributed by atoms with Crippen LogP contribution in [0.4, 0.5) is 5.69 Å². The fraction of sp³-hybridized carbons (Fsp3) is 0.0769. The number of hydrogen-bond acceptors (Lipinski definition) is 3. The van der Waals surface area contributed by atoms with Crippen LogP contribution in [-0.2, 0) is 4.79 Å². The number of allylic oxidation sites excluding steroid dienone is 1. The summed E-state index contributed by atoms with van der Waals surface area (Å²) in [5, 5.41) is 5.70. The molecule has 0 spiro atoms. The lowest BCUT2D eigenvalue weighted by Gasteiger charge is -2.02. The molecule has 0 aliphatic heterocycles. The molecular weight excluding hydrogens is 232 g/mol. The Balaban J connectivity index is 2.11. The lowest BCUT2D eigenvalue weighted by molar-refractivity contribution is -0.111. The molecule has 0 unspecified atom stereocenters. The average molecular weight is 244 g/mol. The monoisotopic (exact) mass is 244 g/mol. The molecule has 1 amide bonds. The Morgan fingerprint density at radius 3 is 2.71 bits per heavy atom. The zero-order chi connectivity index (χ0) is 12.1. The van der Waals surface area contributed by atoms with E-state index < -0.39 is 0 Å². The fourth-order valence-corrected chi connectivity index (χ4v) is 2.04. The largest absolute Gasteiger partial charge is 0.323 e. The molecule has 86 valence electrons. The summed E-state index contributed by atoms with van der Waals surface area (Å²) in [7, 11) is 0. The predicted molar refractivity (Wildman–Crippen MR) is 71.0 cm³/mol. The third kappa shape index (κ3) is 3.01. The van der Waals surface area contributed by atoms with Crippen molar-refractivity contribution in [1.29, 1.82) is 0 Å². The first-order valence-corrected chi connectivity index (χ1v) is 6.11. The number of benzene rings is 1. The summed E-state index contributed by atoms with van der Waals surface area (Å²) >= 11 is 1.59. The SMILES string of the molecule is CC=CC(=O)Nc1ccc(-c2nccs2)cc1. The Hall–Kier alpha value is -1.94. The van der Waals surface area contributed by atoms with E-state index in [1.807, 2.05) is 36.6 Å². The molecule has 0 radical (unpaired) electrons. The number of carbonyl (C=O) groups excluding carboxylic acids is 1. The molecule has 0 aliphatic rings.